The number of piperidine rings is 1. The highest BCUT2D eigenvalue weighted by Crippen LogP contribution is 2.38. The molecule has 0 aromatic heterocycles. The number of unbranched alkanes of at least 4 members (excludes halogenated alkanes) is 1. The van der Waals surface area contributed by atoms with E-state index in [2.05, 4.69) is 0 Å². The van der Waals surface area contributed by atoms with Gasteiger partial charge in [-0.25, -0.2) is 18.4 Å². The van der Waals surface area contributed by atoms with Crippen molar-refractivity contribution in [2.24, 2.45) is 40.6 Å². The van der Waals surface area contributed by atoms with Crippen LogP contribution in [0.25, 0.3) is 0 Å². The molecule has 0 aromatic rings. The van der Waals surface area contributed by atoms with Crippen molar-refractivity contribution in [2.75, 3.05) is 33.1 Å². The molecule has 1 saturated carbocycles. The molecule has 3 heterocycles. The van der Waals surface area contributed by atoms with E-state index >= 15 is 0 Å². The molecular weight excluding hydrogens is 949 g/mol. The van der Waals surface area contributed by atoms with E-state index in [1.54, 1.807) is 40.9 Å². The number of allylic oxidation sites excluding steroid dienone is 6. The lowest BCUT2D eigenvalue weighted by Crippen LogP contribution is -2.61. The van der Waals surface area contributed by atoms with Crippen molar-refractivity contribution in [2.45, 2.75) is 193 Å². The van der Waals surface area contributed by atoms with Gasteiger partial charge in [-0.1, -0.05) is 71.1 Å². The molecule has 0 radical (unpaired) electrons. The van der Waals surface area contributed by atoms with E-state index in [4.69, 9.17) is 28.8 Å². The number of carbonyl (C=O) groups excluding carboxylic acids is 5. The molecule has 0 aromatic carbocycles. The lowest BCUT2D eigenvalue weighted by Gasteiger charge is -2.43. The smallest absolute Gasteiger partial charge is 0.329 e. The van der Waals surface area contributed by atoms with Gasteiger partial charge in [0.05, 0.1) is 30.2 Å². The summed E-state index contributed by atoms with van der Waals surface area (Å²) in [6.07, 6.45) is 10.6. The Bertz CT molecular complexity index is 2070. The Morgan fingerprint density at radius 3 is 2.29 bits per heavy atom. The molecule has 1 amide bonds. The number of primary sulfonamides is 1. The number of nitrogens with zero attached hydrogens (tertiary/aromatic N) is 1. The van der Waals surface area contributed by atoms with Crippen molar-refractivity contribution in [3.63, 3.8) is 0 Å². The van der Waals surface area contributed by atoms with Gasteiger partial charge in [-0.3, -0.25) is 19.2 Å². The zero-order chi connectivity index (χ0) is 53.5. The van der Waals surface area contributed by atoms with Crippen molar-refractivity contribution in [1.82, 2.24) is 4.90 Å². The molecule has 0 unspecified atom stereocenters. The van der Waals surface area contributed by atoms with Crippen molar-refractivity contribution < 1.29 is 71.4 Å². The number of amides is 1. The predicted molar refractivity (Wildman–Crippen MR) is 271 cm³/mol. The van der Waals surface area contributed by atoms with Gasteiger partial charge in [-0.15, -0.1) is 0 Å². The quantitative estimate of drug-likeness (QED) is 0.0848. The molecule has 1 aliphatic carbocycles. The number of carbonyl (C=O) groups is 5. The van der Waals surface area contributed by atoms with E-state index in [-0.39, 0.29) is 80.0 Å². The van der Waals surface area contributed by atoms with E-state index in [0.717, 1.165) is 10.5 Å². The maximum Gasteiger partial charge on any atom is 0.329 e. The average Bonchev–Trinajstić information content (AvgIpc) is 3.33. The van der Waals surface area contributed by atoms with Crippen molar-refractivity contribution >= 4 is 39.2 Å². The summed E-state index contributed by atoms with van der Waals surface area (Å²) in [4.78, 5) is 72.4. The van der Waals surface area contributed by atoms with Crippen LogP contribution in [-0.4, -0.2) is 146 Å². The number of fused-ring (bicyclic) bond motifs is 3. The van der Waals surface area contributed by atoms with E-state index in [1.165, 1.54) is 7.11 Å². The summed E-state index contributed by atoms with van der Waals surface area (Å²) in [5.41, 5.74) is 1.14. The Morgan fingerprint density at radius 1 is 0.889 bits per heavy atom. The largest absolute Gasteiger partial charge is 0.460 e. The third-order valence-corrected chi connectivity index (χ3v) is 16.2. The van der Waals surface area contributed by atoms with Crippen LogP contribution in [0, 0.1) is 35.5 Å². The second-order valence-corrected chi connectivity index (χ2v) is 23.0. The van der Waals surface area contributed by atoms with Crippen LogP contribution in [0.2, 0.25) is 0 Å². The van der Waals surface area contributed by atoms with E-state index < -0.39 is 93.9 Å². The van der Waals surface area contributed by atoms with Crippen LogP contribution in [0.1, 0.15) is 138 Å². The zero-order valence-electron chi connectivity index (χ0n) is 44.2. The lowest BCUT2D eigenvalue weighted by atomic mass is 9.78. The fraction of sp³-hybridized carbons (Fsp3) is 0.759. The number of ketones is 3. The molecule has 3 fully saturated rings. The number of methoxy groups -OCH3 is 2. The van der Waals surface area contributed by atoms with Crippen LogP contribution in [0.4, 0.5) is 0 Å². The topological polar surface area (TPSA) is 256 Å². The molecule has 3 aliphatic heterocycles. The highest BCUT2D eigenvalue weighted by molar-refractivity contribution is 7.89. The summed E-state index contributed by atoms with van der Waals surface area (Å²) in [7, 11) is -0.744. The molecule has 2 bridgehead atoms. The van der Waals surface area contributed by atoms with Crippen molar-refractivity contribution in [1.29, 1.82) is 0 Å². The van der Waals surface area contributed by atoms with E-state index in [9.17, 15) is 47.7 Å². The van der Waals surface area contributed by atoms with Gasteiger partial charge in [0.2, 0.25) is 15.8 Å². The van der Waals surface area contributed by atoms with Gasteiger partial charge in [0.1, 0.15) is 30.1 Å². The highest BCUT2D eigenvalue weighted by atomic mass is 32.2. The van der Waals surface area contributed by atoms with Crippen LogP contribution in [0.5, 0.6) is 0 Å². The number of cyclic esters (lactones) is 1. The standard InChI is InChI=1S/C54H86N2O15S/c1-33-17-11-10-12-18-34(2)45(69-25-15-16-26-72(55,65)66)31-41-22-20-39(7)54(64,71-41)51(61)52(62)56-24-14-13-19-42(56)53(63)70-46(36(4)29-40-21-23-43(57)47(30-40)67-8)32-44(58)35(3)28-38(6)49(60)50(68-9)48(59)37(5)27-33/h10-12,17-18,28,33,35-37,39-43,45-47,49-50,57,60,64H,13-16,19-27,29-32H2,1-9H3,(H2,55,65,66)/b12-10+,17-11+,34-18+,38-28+/t33-,35-,36-,37-,39-,40+,41+,42+,43-,45-,46+,47-,49-,50+,54-/m1/s1. The minimum atomic E-state index is -3.66. The fourth-order valence-corrected chi connectivity index (χ4v) is 11.3. The van der Waals surface area contributed by atoms with E-state index in [1.807, 2.05) is 51.2 Å². The van der Waals surface area contributed by atoms with Gasteiger partial charge < -0.3 is 43.9 Å². The summed E-state index contributed by atoms with van der Waals surface area (Å²) < 4.78 is 53.1. The van der Waals surface area contributed by atoms with Crippen LogP contribution >= 0.6 is 0 Å². The monoisotopic (exact) mass is 1030 g/mol. The first-order valence-corrected chi connectivity index (χ1v) is 27.9. The number of aliphatic hydroxyl groups excluding tert-OH is 2. The Morgan fingerprint density at radius 2 is 1.61 bits per heavy atom. The molecule has 5 N–H and O–H groups in total. The van der Waals surface area contributed by atoms with E-state index in [0.29, 0.717) is 69.8 Å². The van der Waals surface area contributed by atoms with Gasteiger partial charge in [0.25, 0.3) is 11.7 Å². The molecule has 15 atom stereocenters. The molecule has 4 aliphatic rings. The SMILES string of the molecule is CO[C@@H]1C[C@H](C[C@@H](C)[C@@H]2CC(=O)[C@H](C)/C=C(\C)[C@@H](O)[C@@H](OC)C(=O)[C@H](C)C[C@H](C)/C=C/C=C/C=C(\C)[C@H](OCCCCS(N)(=O)=O)C[C@@H]3CC[C@@H](C)[C@@](O)(O3)C(=O)C(=O)N3CCCC[C@H]3C(=O)O2)CC[C@H]1O. The van der Waals surface area contributed by atoms with Crippen molar-refractivity contribution in [3.05, 3.63) is 47.6 Å². The summed E-state index contributed by atoms with van der Waals surface area (Å²) in [6, 6.07) is -1.19. The summed E-state index contributed by atoms with van der Waals surface area (Å²) in [5.74, 6) is -8.73. The molecule has 2 saturated heterocycles. The molecule has 0 spiro atoms. The Hall–Kier alpha value is -3.46. The third-order valence-electron chi connectivity index (χ3n) is 15.3. The number of aliphatic hydroxyl groups is 3. The van der Waals surface area contributed by atoms with Crippen LogP contribution < -0.4 is 5.14 Å². The highest BCUT2D eigenvalue weighted by Gasteiger charge is 2.53. The van der Waals surface area contributed by atoms with Gasteiger partial charge in [0, 0.05) is 58.0 Å². The number of nitrogens with two attached hydrogens (primary N) is 1. The molecular formula is C54H86N2O15S. The molecule has 72 heavy (non-hydrogen) atoms. The second kappa shape index (κ2) is 28.4. The normalized spacial score (nSPS) is 37.9. The number of esters is 1. The molecule has 17 nitrogen and oxygen atoms in total. The first-order chi connectivity index (χ1) is 33.9. The summed E-state index contributed by atoms with van der Waals surface area (Å²) >= 11 is 0. The molecule has 4 rings (SSSR count). The van der Waals surface area contributed by atoms with Crippen molar-refractivity contribution in [3.8, 4) is 0 Å². The van der Waals surface area contributed by atoms with Crippen LogP contribution in [0.3, 0.4) is 0 Å². The average molecular weight is 1040 g/mol. The second-order valence-electron chi connectivity index (χ2n) is 21.3. The maximum absolute atomic E-state index is 14.5. The molecule has 18 heteroatoms. The number of rotatable bonds is 11. The van der Waals surface area contributed by atoms with Gasteiger partial charge in [-0.2, -0.15) is 0 Å². The summed E-state index contributed by atoms with van der Waals surface area (Å²) in [5, 5.41) is 39.3. The van der Waals surface area contributed by atoms with Crippen LogP contribution in [0.15, 0.2) is 47.6 Å². The Kier molecular flexibility index (Phi) is 24.1. The Labute approximate surface area is 428 Å². The maximum atomic E-state index is 14.5. The van der Waals surface area contributed by atoms with Crippen LogP contribution in [-0.2, 0) is 57.7 Å². The van der Waals surface area contributed by atoms with Gasteiger partial charge in [-0.05, 0) is 120 Å². The molecule has 408 valence electrons. The van der Waals surface area contributed by atoms with Gasteiger partial charge >= 0.3 is 5.97 Å². The number of Topliss-reactive ketones (excluding diaryl/α,β-unsaturated/α-hetero) is 3. The number of hydrogen-bond acceptors (Lipinski definition) is 15. The fourth-order valence-electron chi connectivity index (χ4n) is 10.7. The minimum absolute atomic E-state index is 0.0393. The number of sulfonamides is 1. The Balaban J connectivity index is 1.71. The first kappa shape index (κ1) is 61.1. The third kappa shape index (κ3) is 17.6. The number of ether oxygens (including phenoxy) is 5. The number of hydrogen-bond donors (Lipinski definition) is 4. The summed E-state index contributed by atoms with van der Waals surface area (Å²) in [6.45, 7) is 12.7. The van der Waals surface area contributed by atoms with Gasteiger partial charge in [0.15, 0.2) is 5.78 Å². The lowest BCUT2D eigenvalue weighted by molar-refractivity contribution is -0.266. The first-order valence-electron chi connectivity index (χ1n) is 26.2. The zero-order valence-corrected chi connectivity index (χ0v) is 45.1. The minimum Gasteiger partial charge on any atom is -0.460 e. The predicted octanol–water partition coefficient (Wildman–Crippen LogP) is 5.62.